The second-order valence-electron chi connectivity index (χ2n) is 4.89. The van der Waals surface area contributed by atoms with Gasteiger partial charge in [-0.3, -0.25) is 0 Å². The van der Waals surface area contributed by atoms with Crippen molar-refractivity contribution in [1.82, 2.24) is 0 Å². The molecule has 3 heteroatoms. The Balaban J connectivity index is 1.89. The summed E-state index contributed by atoms with van der Waals surface area (Å²) in [4.78, 5) is 0. The summed E-state index contributed by atoms with van der Waals surface area (Å²) in [5.41, 5.74) is 7.35. The van der Waals surface area contributed by atoms with Gasteiger partial charge < -0.3 is 10.8 Å². The summed E-state index contributed by atoms with van der Waals surface area (Å²) < 4.78 is 1.11. The third-order valence-corrected chi connectivity index (χ3v) is 4.16. The van der Waals surface area contributed by atoms with Gasteiger partial charge in [0.15, 0.2) is 0 Å². The van der Waals surface area contributed by atoms with E-state index in [-0.39, 0.29) is 11.5 Å². The molecule has 1 aromatic carbocycles. The zero-order valence-electron chi connectivity index (χ0n) is 9.32. The molecule has 88 valence electrons. The van der Waals surface area contributed by atoms with Crippen molar-refractivity contribution in [2.45, 2.75) is 31.8 Å². The van der Waals surface area contributed by atoms with Crippen LogP contribution in [0.5, 0.6) is 0 Å². The van der Waals surface area contributed by atoms with Gasteiger partial charge in [0.2, 0.25) is 0 Å². The van der Waals surface area contributed by atoms with Crippen LogP contribution in [-0.4, -0.2) is 17.8 Å². The van der Waals surface area contributed by atoms with E-state index in [2.05, 4.69) is 40.2 Å². The van der Waals surface area contributed by atoms with E-state index >= 15 is 0 Å². The van der Waals surface area contributed by atoms with Crippen LogP contribution >= 0.6 is 15.9 Å². The number of benzene rings is 1. The van der Waals surface area contributed by atoms with Gasteiger partial charge in [-0.2, -0.15) is 0 Å². The van der Waals surface area contributed by atoms with E-state index in [4.69, 9.17) is 5.73 Å². The van der Waals surface area contributed by atoms with E-state index < -0.39 is 0 Å². The molecule has 0 spiro atoms. The quantitative estimate of drug-likeness (QED) is 0.892. The third-order valence-electron chi connectivity index (χ3n) is 3.63. The van der Waals surface area contributed by atoms with Gasteiger partial charge in [0.1, 0.15) is 0 Å². The molecular formula is C13H18BrNO. The van der Waals surface area contributed by atoms with Crippen molar-refractivity contribution in [1.29, 1.82) is 0 Å². The van der Waals surface area contributed by atoms with Gasteiger partial charge >= 0.3 is 0 Å². The van der Waals surface area contributed by atoms with Crippen LogP contribution in [0, 0.1) is 5.41 Å². The van der Waals surface area contributed by atoms with Crippen LogP contribution in [0.15, 0.2) is 28.7 Å². The molecule has 0 unspecified atom stereocenters. The number of halogens is 1. The van der Waals surface area contributed by atoms with Crippen molar-refractivity contribution in [2.75, 3.05) is 6.54 Å². The molecule has 0 atom stereocenters. The average Bonchev–Trinajstić information content (AvgIpc) is 2.25. The highest BCUT2D eigenvalue weighted by molar-refractivity contribution is 9.10. The molecule has 1 aliphatic rings. The van der Waals surface area contributed by atoms with Crippen molar-refractivity contribution in [3.05, 3.63) is 34.3 Å². The molecule has 16 heavy (non-hydrogen) atoms. The van der Waals surface area contributed by atoms with Crippen molar-refractivity contribution in [3.8, 4) is 0 Å². The zero-order chi connectivity index (χ0) is 11.6. The second kappa shape index (κ2) is 4.86. The van der Waals surface area contributed by atoms with Crippen molar-refractivity contribution in [2.24, 2.45) is 11.1 Å². The van der Waals surface area contributed by atoms with Crippen molar-refractivity contribution in [3.63, 3.8) is 0 Å². The minimum Gasteiger partial charge on any atom is -0.393 e. The highest BCUT2D eigenvalue weighted by Crippen LogP contribution is 2.43. The highest BCUT2D eigenvalue weighted by atomic mass is 79.9. The standard InChI is InChI=1S/C13H18BrNO/c14-11-3-1-10(2-4-11)5-6-13(9-15)7-12(16)8-13/h1-4,12,16H,5-9,15H2. The first-order chi connectivity index (χ1) is 7.63. The van der Waals surface area contributed by atoms with Crippen LogP contribution in [0.25, 0.3) is 0 Å². The molecular weight excluding hydrogens is 266 g/mol. The van der Waals surface area contributed by atoms with E-state index in [9.17, 15) is 5.11 Å². The molecule has 0 radical (unpaired) electrons. The lowest BCUT2D eigenvalue weighted by Gasteiger charge is -2.45. The maximum atomic E-state index is 9.39. The number of hydrogen-bond donors (Lipinski definition) is 2. The van der Waals surface area contributed by atoms with Gasteiger partial charge in [-0.25, -0.2) is 0 Å². The zero-order valence-corrected chi connectivity index (χ0v) is 10.9. The fourth-order valence-electron chi connectivity index (χ4n) is 2.47. The molecule has 0 aromatic heterocycles. The Morgan fingerprint density at radius 3 is 2.44 bits per heavy atom. The highest BCUT2D eigenvalue weighted by Gasteiger charge is 2.41. The molecule has 0 heterocycles. The molecule has 1 fully saturated rings. The number of aliphatic hydroxyl groups excluding tert-OH is 1. The maximum absolute atomic E-state index is 9.39. The Morgan fingerprint density at radius 2 is 1.94 bits per heavy atom. The summed E-state index contributed by atoms with van der Waals surface area (Å²) in [7, 11) is 0. The normalized spacial score (nSPS) is 28.8. The molecule has 0 aliphatic heterocycles. The fraction of sp³-hybridized carbons (Fsp3) is 0.538. The number of rotatable bonds is 4. The van der Waals surface area contributed by atoms with Gasteiger partial charge in [-0.1, -0.05) is 28.1 Å². The van der Waals surface area contributed by atoms with Crippen LogP contribution < -0.4 is 5.73 Å². The van der Waals surface area contributed by atoms with Crippen LogP contribution in [0.4, 0.5) is 0 Å². The van der Waals surface area contributed by atoms with Gasteiger partial charge in [-0.05, 0) is 55.3 Å². The Labute approximate surface area is 105 Å². The number of hydrogen-bond acceptors (Lipinski definition) is 2. The summed E-state index contributed by atoms with van der Waals surface area (Å²) in [6.07, 6.45) is 3.77. The van der Waals surface area contributed by atoms with Crippen molar-refractivity contribution >= 4 is 15.9 Å². The van der Waals surface area contributed by atoms with Crippen LogP contribution in [0.2, 0.25) is 0 Å². The summed E-state index contributed by atoms with van der Waals surface area (Å²) in [5, 5.41) is 9.39. The largest absolute Gasteiger partial charge is 0.393 e. The van der Waals surface area contributed by atoms with E-state index in [0.717, 1.165) is 30.2 Å². The maximum Gasteiger partial charge on any atom is 0.0551 e. The third kappa shape index (κ3) is 2.65. The molecule has 2 nitrogen and oxygen atoms in total. The first-order valence-corrected chi connectivity index (χ1v) is 6.55. The lowest BCUT2D eigenvalue weighted by Crippen LogP contribution is -2.46. The van der Waals surface area contributed by atoms with E-state index in [1.165, 1.54) is 5.56 Å². The monoisotopic (exact) mass is 283 g/mol. The van der Waals surface area contributed by atoms with Crippen LogP contribution in [0.3, 0.4) is 0 Å². The van der Waals surface area contributed by atoms with Gasteiger partial charge in [-0.15, -0.1) is 0 Å². The Hall–Kier alpha value is -0.380. The van der Waals surface area contributed by atoms with Gasteiger partial charge in [0.25, 0.3) is 0 Å². The smallest absolute Gasteiger partial charge is 0.0551 e. The summed E-state index contributed by atoms with van der Waals surface area (Å²) >= 11 is 3.43. The molecule has 0 bridgehead atoms. The molecule has 3 N–H and O–H groups in total. The van der Waals surface area contributed by atoms with Gasteiger partial charge in [0.05, 0.1) is 6.10 Å². The minimum atomic E-state index is -0.117. The van der Waals surface area contributed by atoms with Crippen LogP contribution in [-0.2, 0) is 6.42 Å². The summed E-state index contributed by atoms with van der Waals surface area (Å²) in [5.74, 6) is 0. The molecule has 2 rings (SSSR count). The average molecular weight is 284 g/mol. The Bertz CT molecular complexity index is 343. The minimum absolute atomic E-state index is 0.117. The molecule has 1 aromatic rings. The molecule has 1 saturated carbocycles. The van der Waals surface area contributed by atoms with Gasteiger partial charge in [0, 0.05) is 4.47 Å². The SMILES string of the molecule is NCC1(CCc2ccc(Br)cc2)CC(O)C1. The molecule has 0 amide bonds. The predicted octanol–water partition coefficient (Wildman–Crippen LogP) is 2.48. The fourth-order valence-corrected chi connectivity index (χ4v) is 2.74. The number of nitrogens with two attached hydrogens (primary N) is 1. The lowest BCUT2D eigenvalue weighted by atomic mass is 9.64. The van der Waals surface area contributed by atoms with E-state index in [0.29, 0.717) is 6.54 Å². The number of aryl methyl sites for hydroxylation is 1. The summed E-state index contributed by atoms with van der Waals surface area (Å²) in [6.45, 7) is 0.695. The lowest BCUT2D eigenvalue weighted by molar-refractivity contribution is -0.0312. The summed E-state index contributed by atoms with van der Waals surface area (Å²) in [6, 6.07) is 8.42. The van der Waals surface area contributed by atoms with E-state index in [1.807, 2.05) is 0 Å². The van der Waals surface area contributed by atoms with Crippen molar-refractivity contribution < 1.29 is 5.11 Å². The predicted molar refractivity (Wildman–Crippen MR) is 69.2 cm³/mol. The second-order valence-corrected chi connectivity index (χ2v) is 5.81. The first kappa shape index (κ1) is 12.1. The Kier molecular flexibility index (Phi) is 3.67. The topological polar surface area (TPSA) is 46.2 Å². The molecule has 1 aliphatic carbocycles. The first-order valence-electron chi connectivity index (χ1n) is 5.76. The van der Waals surface area contributed by atoms with E-state index in [1.54, 1.807) is 0 Å². The van der Waals surface area contributed by atoms with Crippen LogP contribution in [0.1, 0.15) is 24.8 Å². The molecule has 0 saturated heterocycles. The number of aliphatic hydroxyl groups is 1. The Morgan fingerprint density at radius 1 is 1.31 bits per heavy atom.